The van der Waals surface area contributed by atoms with Crippen molar-refractivity contribution in [1.29, 1.82) is 0 Å². The summed E-state index contributed by atoms with van der Waals surface area (Å²) in [5.41, 5.74) is 3.76. The molecule has 0 spiro atoms. The molecular weight excluding hydrogens is 384 g/mol. The zero-order valence-electron chi connectivity index (χ0n) is 18.4. The quantitative estimate of drug-likeness (QED) is 0.326. The summed E-state index contributed by atoms with van der Waals surface area (Å²) in [6.45, 7) is 9.31. The van der Waals surface area contributed by atoms with Crippen LogP contribution in [0, 0.1) is 5.41 Å². The van der Waals surface area contributed by atoms with Crippen LogP contribution in [0.25, 0.3) is 0 Å². The van der Waals surface area contributed by atoms with E-state index in [-0.39, 0.29) is 17.5 Å². The first kappa shape index (κ1) is 22.0. The SMILES string of the molecule is CC[Si](CC)(CC)OC1Cc2c(OC)cc3c(c2C[C@@]1(C)CCC=O)COC3=O. The number of hydrogen-bond donors (Lipinski definition) is 0. The highest BCUT2D eigenvalue weighted by Crippen LogP contribution is 2.47. The average molecular weight is 419 g/mol. The van der Waals surface area contributed by atoms with Gasteiger partial charge in [-0.25, -0.2) is 4.79 Å². The highest BCUT2D eigenvalue weighted by molar-refractivity contribution is 6.73. The third-order valence-corrected chi connectivity index (χ3v) is 12.0. The fourth-order valence-electron chi connectivity index (χ4n) is 5.05. The van der Waals surface area contributed by atoms with Gasteiger partial charge in [0.1, 0.15) is 18.6 Å². The van der Waals surface area contributed by atoms with E-state index in [0.717, 1.165) is 66.1 Å². The lowest BCUT2D eigenvalue weighted by Crippen LogP contribution is -2.50. The van der Waals surface area contributed by atoms with E-state index >= 15 is 0 Å². The number of rotatable bonds is 9. The number of aldehydes is 1. The molecule has 1 aliphatic carbocycles. The zero-order valence-corrected chi connectivity index (χ0v) is 19.4. The Morgan fingerprint density at radius 1 is 1.21 bits per heavy atom. The molecule has 6 heteroatoms. The van der Waals surface area contributed by atoms with E-state index in [4.69, 9.17) is 13.9 Å². The summed E-state index contributed by atoms with van der Waals surface area (Å²) >= 11 is 0. The van der Waals surface area contributed by atoms with E-state index in [9.17, 15) is 9.59 Å². The van der Waals surface area contributed by atoms with Gasteiger partial charge in [-0.3, -0.25) is 0 Å². The lowest BCUT2D eigenvalue weighted by Gasteiger charge is -2.47. The Morgan fingerprint density at radius 3 is 2.48 bits per heavy atom. The Morgan fingerprint density at radius 2 is 1.90 bits per heavy atom. The Hall–Kier alpha value is -1.66. The smallest absolute Gasteiger partial charge is 0.339 e. The third kappa shape index (κ3) is 3.89. The second-order valence-corrected chi connectivity index (χ2v) is 13.5. The van der Waals surface area contributed by atoms with Gasteiger partial charge in [0.2, 0.25) is 0 Å². The maximum atomic E-state index is 12.2. The summed E-state index contributed by atoms with van der Waals surface area (Å²) in [6, 6.07) is 5.11. The summed E-state index contributed by atoms with van der Waals surface area (Å²) < 4.78 is 18.0. The van der Waals surface area contributed by atoms with Crippen LogP contribution in [0.5, 0.6) is 5.75 Å². The minimum absolute atomic E-state index is 0.0476. The largest absolute Gasteiger partial charge is 0.496 e. The maximum absolute atomic E-state index is 12.2. The number of ether oxygens (including phenoxy) is 2. The lowest BCUT2D eigenvalue weighted by molar-refractivity contribution is -0.108. The molecule has 0 bridgehead atoms. The topological polar surface area (TPSA) is 61.8 Å². The molecule has 0 radical (unpaired) electrons. The minimum Gasteiger partial charge on any atom is -0.496 e. The molecule has 0 amide bonds. The maximum Gasteiger partial charge on any atom is 0.339 e. The fourth-order valence-corrected chi connectivity index (χ4v) is 8.03. The number of hydrogen-bond acceptors (Lipinski definition) is 5. The van der Waals surface area contributed by atoms with Crippen molar-refractivity contribution in [2.75, 3.05) is 7.11 Å². The molecule has 2 atom stereocenters. The first-order valence-corrected chi connectivity index (χ1v) is 13.4. The van der Waals surface area contributed by atoms with Gasteiger partial charge in [-0.05, 0) is 48.0 Å². The van der Waals surface area contributed by atoms with Gasteiger partial charge in [-0.2, -0.15) is 0 Å². The summed E-state index contributed by atoms with van der Waals surface area (Å²) in [4.78, 5) is 23.4. The van der Waals surface area contributed by atoms with Crippen molar-refractivity contribution in [2.24, 2.45) is 5.41 Å². The monoisotopic (exact) mass is 418 g/mol. The van der Waals surface area contributed by atoms with E-state index in [2.05, 4.69) is 27.7 Å². The predicted octanol–water partition coefficient (Wildman–Crippen LogP) is 4.84. The number of carbonyl (C=O) groups excluding carboxylic acids is 2. The van der Waals surface area contributed by atoms with E-state index in [0.29, 0.717) is 18.6 Å². The first-order valence-electron chi connectivity index (χ1n) is 10.9. The Kier molecular flexibility index (Phi) is 6.53. The average Bonchev–Trinajstić information content (AvgIpc) is 3.11. The van der Waals surface area contributed by atoms with Crippen molar-refractivity contribution in [2.45, 2.75) is 84.2 Å². The standard InChI is InChI=1S/C23H34O5Si/c1-6-29(7-2,8-3)28-21-13-16-18(14-23(21,4)10-9-11-24)19-15-27-22(25)17(19)12-20(16)26-5/h11-12,21H,6-10,13-15H2,1-5H3/t21?,23-/m1/s1. The highest BCUT2D eigenvalue weighted by atomic mass is 28.4. The number of fused-ring (bicyclic) bond motifs is 3. The molecule has 1 aromatic carbocycles. The molecule has 0 saturated carbocycles. The number of carbonyl (C=O) groups is 2. The number of benzene rings is 1. The van der Waals surface area contributed by atoms with Crippen LogP contribution in [-0.2, 0) is 33.4 Å². The number of cyclic esters (lactones) is 1. The van der Waals surface area contributed by atoms with Crippen LogP contribution >= 0.6 is 0 Å². The second-order valence-electron chi connectivity index (χ2n) is 8.73. The predicted molar refractivity (Wildman–Crippen MR) is 115 cm³/mol. The van der Waals surface area contributed by atoms with Crippen LogP contribution in [0.3, 0.4) is 0 Å². The third-order valence-electron chi connectivity index (χ3n) is 7.32. The molecule has 5 nitrogen and oxygen atoms in total. The van der Waals surface area contributed by atoms with Gasteiger partial charge in [-0.15, -0.1) is 0 Å². The molecule has 1 aliphatic heterocycles. The van der Waals surface area contributed by atoms with E-state index in [1.54, 1.807) is 7.11 Å². The summed E-state index contributed by atoms with van der Waals surface area (Å²) in [5.74, 6) is 0.476. The highest BCUT2D eigenvalue weighted by Gasteiger charge is 2.46. The Labute approximate surface area is 175 Å². The van der Waals surface area contributed by atoms with Gasteiger partial charge < -0.3 is 18.7 Å². The van der Waals surface area contributed by atoms with Crippen molar-refractivity contribution >= 4 is 20.6 Å². The molecule has 3 rings (SSSR count). The summed E-state index contributed by atoms with van der Waals surface area (Å²) in [6.07, 6.45) is 3.88. The summed E-state index contributed by atoms with van der Waals surface area (Å²) in [5, 5.41) is 0. The second kappa shape index (κ2) is 8.60. The molecule has 1 heterocycles. The lowest BCUT2D eigenvalue weighted by atomic mass is 9.67. The van der Waals surface area contributed by atoms with Crippen LogP contribution in [0.2, 0.25) is 18.1 Å². The van der Waals surface area contributed by atoms with Crippen molar-refractivity contribution in [3.05, 3.63) is 28.3 Å². The van der Waals surface area contributed by atoms with Crippen LogP contribution in [-0.4, -0.2) is 33.8 Å². The van der Waals surface area contributed by atoms with Gasteiger partial charge in [0.15, 0.2) is 8.32 Å². The molecular formula is C23H34O5Si. The number of esters is 1. The van der Waals surface area contributed by atoms with E-state index < -0.39 is 8.32 Å². The van der Waals surface area contributed by atoms with Gasteiger partial charge in [0.25, 0.3) is 0 Å². The molecule has 2 aliphatic rings. The Bertz CT molecular complexity index is 778. The molecule has 0 aromatic heterocycles. The molecule has 1 unspecified atom stereocenters. The van der Waals surface area contributed by atoms with Crippen molar-refractivity contribution in [3.8, 4) is 5.75 Å². The minimum atomic E-state index is -1.82. The van der Waals surface area contributed by atoms with Crippen LogP contribution in [0.15, 0.2) is 6.07 Å². The molecule has 29 heavy (non-hydrogen) atoms. The van der Waals surface area contributed by atoms with Crippen LogP contribution < -0.4 is 4.74 Å². The Balaban J connectivity index is 2.08. The molecule has 1 aromatic rings. The van der Waals surface area contributed by atoms with Crippen LogP contribution in [0.1, 0.15) is 67.6 Å². The molecule has 0 N–H and O–H groups in total. The van der Waals surface area contributed by atoms with Crippen LogP contribution in [0.4, 0.5) is 0 Å². The fraction of sp³-hybridized carbons (Fsp3) is 0.652. The summed E-state index contributed by atoms with van der Waals surface area (Å²) in [7, 11) is -0.167. The van der Waals surface area contributed by atoms with E-state index in [1.807, 2.05) is 6.07 Å². The first-order chi connectivity index (χ1) is 13.9. The zero-order chi connectivity index (χ0) is 21.2. The molecule has 0 fully saturated rings. The van der Waals surface area contributed by atoms with Crippen molar-refractivity contribution in [3.63, 3.8) is 0 Å². The van der Waals surface area contributed by atoms with Gasteiger partial charge in [0.05, 0.1) is 18.8 Å². The van der Waals surface area contributed by atoms with Gasteiger partial charge in [-0.1, -0.05) is 27.7 Å². The van der Waals surface area contributed by atoms with Gasteiger partial charge >= 0.3 is 5.97 Å². The van der Waals surface area contributed by atoms with Crippen molar-refractivity contribution in [1.82, 2.24) is 0 Å². The normalized spacial score (nSPS) is 23.3. The van der Waals surface area contributed by atoms with Crippen molar-refractivity contribution < 1.29 is 23.5 Å². The number of methoxy groups -OCH3 is 1. The van der Waals surface area contributed by atoms with Gasteiger partial charge in [0, 0.05) is 24.0 Å². The van der Waals surface area contributed by atoms with E-state index in [1.165, 1.54) is 0 Å². The molecule has 0 saturated heterocycles. The molecule has 160 valence electrons.